The van der Waals surface area contributed by atoms with Crippen LogP contribution in [0.5, 0.6) is 0 Å². The minimum atomic E-state index is -1.05. The normalized spacial score (nSPS) is 14.7. The van der Waals surface area contributed by atoms with Gasteiger partial charge in [0, 0.05) is 23.6 Å². The molecule has 1 aromatic carbocycles. The van der Waals surface area contributed by atoms with E-state index in [2.05, 4.69) is 16.6 Å². The van der Waals surface area contributed by atoms with Crippen molar-refractivity contribution in [2.24, 2.45) is 0 Å². The standard InChI is InChI=1S/C24H33NO5/c1-3-4-5-11-22(28)24-19-10-7-6-9-18(19)17(16-25-24)14-15-21(27)20(26)12-8-13-23(29)30-2/h6-7,9-10,14-16,20-22,26-28H,3-5,8,11-13H2,1-2H3/b15-14+/t20-,21+,22-/m0/s1. The Morgan fingerprint density at radius 2 is 1.83 bits per heavy atom. The molecule has 0 aliphatic heterocycles. The highest BCUT2D eigenvalue weighted by molar-refractivity contribution is 5.92. The van der Waals surface area contributed by atoms with Gasteiger partial charge in [-0.25, -0.2) is 0 Å². The van der Waals surface area contributed by atoms with Gasteiger partial charge in [0.05, 0.1) is 31.1 Å². The molecule has 30 heavy (non-hydrogen) atoms. The number of fused-ring (bicyclic) bond motifs is 1. The van der Waals surface area contributed by atoms with E-state index in [0.29, 0.717) is 25.0 Å². The molecular formula is C24H33NO5. The molecule has 6 nitrogen and oxygen atoms in total. The summed E-state index contributed by atoms with van der Waals surface area (Å²) in [5, 5.41) is 32.7. The minimum absolute atomic E-state index is 0.209. The number of rotatable bonds is 12. The molecule has 0 spiro atoms. The van der Waals surface area contributed by atoms with Crippen LogP contribution in [0, 0.1) is 0 Å². The molecule has 1 aromatic heterocycles. The van der Waals surface area contributed by atoms with Crippen LogP contribution in [0.4, 0.5) is 0 Å². The molecule has 0 unspecified atom stereocenters. The lowest BCUT2D eigenvalue weighted by molar-refractivity contribution is -0.140. The summed E-state index contributed by atoms with van der Waals surface area (Å²) in [6.45, 7) is 2.13. The predicted octanol–water partition coefficient (Wildman–Crippen LogP) is 3.93. The average Bonchev–Trinajstić information content (AvgIpc) is 2.76. The maximum Gasteiger partial charge on any atom is 0.305 e. The van der Waals surface area contributed by atoms with E-state index in [0.717, 1.165) is 35.6 Å². The van der Waals surface area contributed by atoms with E-state index in [1.807, 2.05) is 24.3 Å². The molecule has 0 radical (unpaired) electrons. The first kappa shape index (κ1) is 24.0. The molecule has 6 heteroatoms. The number of carbonyl (C=O) groups is 1. The van der Waals surface area contributed by atoms with Crippen LogP contribution < -0.4 is 0 Å². The van der Waals surface area contributed by atoms with Crippen LogP contribution >= 0.6 is 0 Å². The smallest absolute Gasteiger partial charge is 0.305 e. The monoisotopic (exact) mass is 415 g/mol. The highest BCUT2D eigenvalue weighted by atomic mass is 16.5. The van der Waals surface area contributed by atoms with Crippen molar-refractivity contribution in [3.63, 3.8) is 0 Å². The van der Waals surface area contributed by atoms with Crippen LogP contribution in [-0.4, -0.2) is 45.6 Å². The first-order chi connectivity index (χ1) is 14.5. The lowest BCUT2D eigenvalue weighted by atomic mass is 9.99. The molecule has 3 atom stereocenters. The number of methoxy groups -OCH3 is 1. The molecule has 0 aliphatic rings. The quantitative estimate of drug-likeness (QED) is 0.359. The van der Waals surface area contributed by atoms with Gasteiger partial charge < -0.3 is 20.1 Å². The van der Waals surface area contributed by atoms with Crippen molar-refractivity contribution in [1.82, 2.24) is 4.98 Å². The number of esters is 1. The third kappa shape index (κ3) is 6.90. The number of aromatic nitrogens is 1. The van der Waals surface area contributed by atoms with Crippen molar-refractivity contribution in [3.8, 4) is 0 Å². The fourth-order valence-corrected chi connectivity index (χ4v) is 3.42. The van der Waals surface area contributed by atoms with E-state index in [9.17, 15) is 20.1 Å². The fourth-order valence-electron chi connectivity index (χ4n) is 3.42. The molecule has 2 rings (SSSR count). The molecule has 1 heterocycles. The number of unbranched alkanes of at least 4 members (excludes halogenated alkanes) is 2. The molecule has 0 aliphatic carbocycles. The van der Waals surface area contributed by atoms with Crippen LogP contribution in [0.25, 0.3) is 16.8 Å². The largest absolute Gasteiger partial charge is 0.469 e. The molecular weight excluding hydrogens is 382 g/mol. The van der Waals surface area contributed by atoms with E-state index < -0.39 is 18.3 Å². The summed E-state index contributed by atoms with van der Waals surface area (Å²) in [5.41, 5.74) is 1.47. The van der Waals surface area contributed by atoms with Gasteiger partial charge in [0.25, 0.3) is 0 Å². The van der Waals surface area contributed by atoms with Gasteiger partial charge in [-0.3, -0.25) is 9.78 Å². The molecule has 0 bridgehead atoms. The van der Waals surface area contributed by atoms with Gasteiger partial charge in [-0.05, 0) is 24.6 Å². The molecule has 0 saturated carbocycles. The van der Waals surface area contributed by atoms with Gasteiger partial charge in [0.2, 0.25) is 0 Å². The van der Waals surface area contributed by atoms with E-state index >= 15 is 0 Å². The van der Waals surface area contributed by atoms with E-state index in [1.54, 1.807) is 12.3 Å². The Morgan fingerprint density at radius 3 is 2.53 bits per heavy atom. The lowest BCUT2D eigenvalue weighted by Crippen LogP contribution is -2.23. The Morgan fingerprint density at radius 1 is 1.10 bits per heavy atom. The Bertz CT molecular complexity index is 835. The fraction of sp³-hybridized carbons (Fsp3) is 0.500. The number of benzene rings is 1. The number of hydrogen-bond acceptors (Lipinski definition) is 6. The molecule has 164 valence electrons. The van der Waals surface area contributed by atoms with Crippen molar-refractivity contribution in [2.45, 2.75) is 70.2 Å². The van der Waals surface area contributed by atoms with E-state index in [1.165, 1.54) is 13.2 Å². The highest BCUT2D eigenvalue weighted by Crippen LogP contribution is 2.28. The van der Waals surface area contributed by atoms with E-state index in [4.69, 9.17) is 0 Å². The maximum atomic E-state index is 11.1. The zero-order chi connectivity index (χ0) is 21.9. The highest BCUT2D eigenvalue weighted by Gasteiger charge is 2.16. The second kappa shape index (κ2) is 12.4. The Balaban J connectivity index is 2.10. The van der Waals surface area contributed by atoms with Gasteiger partial charge in [-0.2, -0.15) is 0 Å². The Kier molecular flexibility index (Phi) is 9.94. The van der Waals surface area contributed by atoms with Crippen LogP contribution in [-0.2, 0) is 9.53 Å². The Hall–Kier alpha value is -2.28. The summed E-state index contributed by atoms with van der Waals surface area (Å²) in [4.78, 5) is 15.6. The molecule has 0 saturated heterocycles. The number of nitrogens with zero attached hydrogens (tertiary/aromatic N) is 1. The van der Waals surface area contributed by atoms with Gasteiger partial charge in [0.1, 0.15) is 0 Å². The second-order valence-electron chi connectivity index (χ2n) is 7.54. The topological polar surface area (TPSA) is 99.9 Å². The lowest BCUT2D eigenvalue weighted by Gasteiger charge is -2.15. The Labute approximate surface area is 178 Å². The molecule has 3 N–H and O–H groups in total. The van der Waals surface area contributed by atoms with Gasteiger partial charge in [0.15, 0.2) is 0 Å². The summed E-state index contributed by atoms with van der Waals surface area (Å²) in [6.07, 6.45) is 7.07. The minimum Gasteiger partial charge on any atom is -0.469 e. The number of pyridine rings is 1. The summed E-state index contributed by atoms with van der Waals surface area (Å²) < 4.78 is 4.57. The summed E-state index contributed by atoms with van der Waals surface area (Å²) >= 11 is 0. The summed E-state index contributed by atoms with van der Waals surface area (Å²) in [7, 11) is 1.32. The third-order valence-corrected chi connectivity index (χ3v) is 5.23. The zero-order valence-corrected chi connectivity index (χ0v) is 17.8. The van der Waals surface area contributed by atoms with Gasteiger partial charge in [-0.15, -0.1) is 0 Å². The maximum absolute atomic E-state index is 11.1. The number of hydrogen-bond donors (Lipinski definition) is 3. The van der Waals surface area contributed by atoms with Crippen LogP contribution in [0.1, 0.15) is 69.2 Å². The van der Waals surface area contributed by atoms with Crippen LogP contribution in [0.2, 0.25) is 0 Å². The van der Waals surface area contributed by atoms with Crippen molar-refractivity contribution in [1.29, 1.82) is 0 Å². The number of aliphatic hydroxyl groups is 3. The van der Waals surface area contributed by atoms with Crippen molar-refractivity contribution >= 4 is 22.8 Å². The molecule has 0 amide bonds. The summed E-state index contributed by atoms with van der Waals surface area (Å²) in [6, 6.07) is 7.74. The molecule has 2 aromatic rings. The van der Waals surface area contributed by atoms with E-state index in [-0.39, 0.29) is 12.4 Å². The molecule has 0 fully saturated rings. The van der Waals surface area contributed by atoms with Gasteiger partial charge >= 0.3 is 5.97 Å². The number of carbonyl (C=O) groups excluding carboxylic acids is 1. The third-order valence-electron chi connectivity index (χ3n) is 5.23. The first-order valence-corrected chi connectivity index (χ1v) is 10.6. The predicted molar refractivity (Wildman–Crippen MR) is 118 cm³/mol. The van der Waals surface area contributed by atoms with Crippen molar-refractivity contribution in [2.75, 3.05) is 7.11 Å². The SMILES string of the molecule is CCCCC[C@H](O)c1ncc(/C=C/[C@@H](O)[C@@H](O)CCCC(=O)OC)c2ccccc12. The average molecular weight is 416 g/mol. The number of ether oxygens (including phenoxy) is 1. The zero-order valence-electron chi connectivity index (χ0n) is 17.8. The van der Waals surface area contributed by atoms with Crippen LogP contribution in [0.15, 0.2) is 36.5 Å². The second-order valence-corrected chi connectivity index (χ2v) is 7.54. The van der Waals surface area contributed by atoms with Crippen molar-refractivity contribution in [3.05, 3.63) is 47.8 Å². The number of aliphatic hydroxyl groups excluding tert-OH is 3. The summed E-state index contributed by atoms with van der Waals surface area (Å²) in [5.74, 6) is -0.332. The first-order valence-electron chi connectivity index (χ1n) is 10.6. The van der Waals surface area contributed by atoms with Crippen molar-refractivity contribution < 1.29 is 24.9 Å². The van der Waals surface area contributed by atoms with Crippen LogP contribution in [0.3, 0.4) is 0 Å². The van der Waals surface area contributed by atoms with Gasteiger partial charge in [-0.1, -0.05) is 62.6 Å².